The number of rotatable bonds is 6. The van der Waals surface area contributed by atoms with Crippen LogP contribution in [0.4, 0.5) is 10.1 Å². The van der Waals surface area contributed by atoms with Gasteiger partial charge in [0, 0.05) is 45.0 Å². The second-order valence-corrected chi connectivity index (χ2v) is 8.09. The summed E-state index contributed by atoms with van der Waals surface area (Å²) in [5.74, 6) is 1.21. The van der Waals surface area contributed by atoms with Crippen LogP contribution in [0, 0.1) is 5.82 Å². The van der Waals surface area contributed by atoms with Gasteiger partial charge in [0.1, 0.15) is 11.6 Å². The lowest BCUT2D eigenvalue weighted by Crippen LogP contribution is -2.51. The van der Waals surface area contributed by atoms with Gasteiger partial charge in [0.2, 0.25) is 0 Å². The third kappa shape index (κ3) is 5.49. The van der Waals surface area contributed by atoms with Crippen LogP contribution >= 0.6 is 0 Å². The topological polar surface area (TPSA) is 66.6 Å². The van der Waals surface area contributed by atoms with Gasteiger partial charge < -0.3 is 25.0 Å². The Balaban J connectivity index is 1.39. The number of morpholine rings is 1. The molecule has 2 aliphatic rings. The van der Waals surface area contributed by atoms with Crippen molar-refractivity contribution < 1.29 is 13.9 Å². The van der Waals surface area contributed by atoms with Crippen molar-refractivity contribution in [1.82, 2.24) is 9.80 Å². The quantitative estimate of drug-likeness (QED) is 0.548. The molecule has 172 valence electrons. The summed E-state index contributed by atoms with van der Waals surface area (Å²) >= 11 is 0. The summed E-state index contributed by atoms with van der Waals surface area (Å²) in [5, 5.41) is 0. The van der Waals surface area contributed by atoms with E-state index in [2.05, 4.69) is 26.8 Å². The van der Waals surface area contributed by atoms with E-state index in [1.807, 2.05) is 24.3 Å². The lowest BCUT2D eigenvalue weighted by molar-refractivity contribution is 0.0179. The van der Waals surface area contributed by atoms with E-state index >= 15 is 0 Å². The molecule has 0 bridgehead atoms. The summed E-state index contributed by atoms with van der Waals surface area (Å²) in [7, 11) is 1.68. The van der Waals surface area contributed by atoms with Crippen LogP contribution < -0.4 is 15.4 Å². The molecular weight excluding hydrogens is 409 g/mol. The van der Waals surface area contributed by atoms with Crippen LogP contribution in [-0.4, -0.2) is 81.9 Å². The molecule has 0 aliphatic carbocycles. The van der Waals surface area contributed by atoms with Crippen LogP contribution in [0.3, 0.4) is 0 Å². The normalized spacial score (nSPS) is 19.1. The molecule has 8 heteroatoms. The van der Waals surface area contributed by atoms with Crippen molar-refractivity contribution in [2.45, 2.75) is 6.04 Å². The molecule has 2 N–H and O–H groups in total. The Labute approximate surface area is 189 Å². The molecule has 0 spiro atoms. The lowest BCUT2D eigenvalue weighted by Gasteiger charge is -2.37. The number of hydrogen-bond donors (Lipinski definition) is 1. The molecule has 2 fully saturated rings. The maximum absolute atomic E-state index is 13.2. The molecule has 0 aromatic heterocycles. The van der Waals surface area contributed by atoms with Crippen molar-refractivity contribution in [2.24, 2.45) is 10.7 Å². The van der Waals surface area contributed by atoms with Gasteiger partial charge in [0.05, 0.1) is 32.9 Å². The zero-order valence-electron chi connectivity index (χ0n) is 18.6. The van der Waals surface area contributed by atoms with Gasteiger partial charge in [-0.2, -0.15) is 0 Å². The van der Waals surface area contributed by atoms with Crippen LogP contribution in [-0.2, 0) is 4.74 Å². The average molecular weight is 442 g/mol. The lowest BCUT2D eigenvalue weighted by atomic mass is 10.0. The molecule has 0 amide bonds. The molecule has 32 heavy (non-hydrogen) atoms. The fourth-order valence-electron chi connectivity index (χ4n) is 4.27. The first-order valence-corrected chi connectivity index (χ1v) is 11.1. The van der Waals surface area contributed by atoms with Gasteiger partial charge in [0.15, 0.2) is 5.96 Å². The highest BCUT2D eigenvalue weighted by Gasteiger charge is 2.24. The standard InChI is InChI=1S/C24H32FN5O2/c1-31-22-8-2-19(3-9-22)23(29-14-16-32-17-15-29)18-27-24(26)30-12-10-28(11-13-30)21-6-4-20(25)5-7-21/h2-9,23H,10-18H2,1H3,(H2,26,27). The van der Waals surface area contributed by atoms with E-state index in [0.717, 1.165) is 63.9 Å². The second kappa shape index (κ2) is 10.7. The number of piperazine rings is 1. The highest BCUT2D eigenvalue weighted by atomic mass is 19.1. The zero-order chi connectivity index (χ0) is 22.3. The van der Waals surface area contributed by atoms with E-state index in [0.29, 0.717) is 12.5 Å². The van der Waals surface area contributed by atoms with Crippen molar-refractivity contribution in [2.75, 3.05) is 71.0 Å². The number of nitrogens with zero attached hydrogens (tertiary/aromatic N) is 4. The molecule has 2 aromatic rings. The van der Waals surface area contributed by atoms with Crippen LogP contribution in [0.1, 0.15) is 11.6 Å². The predicted octanol–water partition coefficient (Wildman–Crippen LogP) is 2.34. The third-order valence-electron chi connectivity index (χ3n) is 6.21. The Kier molecular flexibility index (Phi) is 7.44. The van der Waals surface area contributed by atoms with Gasteiger partial charge in [-0.3, -0.25) is 9.89 Å². The number of benzene rings is 2. The predicted molar refractivity (Wildman–Crippen MR) is 125 cm³/mol. The number of guanidine groups is 1. The third-order valence-corrected chi connectivity index (χ3v) is 6.21. The summed E-state index contributed by atoms with van der Waals surface area (Å²) in [6.45, 7) is 7.05. The van der Waals surface area contributed by atoms with Gasteiger partial charge in [-0.05, 0) is 42.0 Å². The molecule has 0 saturated carbocycles. The van der Waals surface area contributed by atoms with Crippen molar-refractivity contribution in [3.8, 4) is 5.75 Å². The van der Waals surface area contributed by atoms with Crippen LogP contribution in [0.2, 0.25) is 0 Å². The van der Waals surface area contributed by atoms with Crippen molar-refractivity contribution in [3.05, 3.63) is 59.9 Å². The van der Waals surface area contributed by atoms with Crippen molar-refractivity contribution in [3.63, 3.8) is 0 Å². The maximum atomic E-state index is 13.2. The first kappa shape index (κ1) is 22.4. The van der Waals surface area contributed by atoms with Gasteiger partial charge in [-0.25, -0.2) is 4.39 Å². The fraction of sp³-hybridized carbons (Fsp3) is 0.458. The Hall–Kier alpha value is -2.84. The van der Waals surface area contributed by atoms with Crippen LogP contribution in [0.5, 0.6) is 5.75 Å². The smallest absolute Gasteiger partial charge is 0.191 e. The zero-order valence-corrected chi connectivity index (χ0v) is 18.6. The van der Waals surface area contributed by atoms with E-state index in [1.54, 1.807) is 7.11 Å². The molecule has 7 nitrogen and oxygen atoms in total. The Morgan fingerprint density at radius 1 is 1.00 bits per heavy atom. The van der Waals surface area contributed by atoms with E-state index in [-0.39, 0.29) is 11.9 Å². The molecule has 2 heterocycles. The summed E-state index contributed by atoms with van der Waals surface area (Å²) in [6.07, 6.45) is 0. The summed E-state index contributed by atoms with van der Waals surface area (Å²) in [6, 6.07) is 15.0. The average Bonchev–Trinajstić information content (AvgIpc) is 2.86. The molecule has 2 aromatic carbocycles. The van der Waals surface area contributed by atoms with Crippen molar-refractivity contribution >= 4 is 11.6 Å². The molecule has 2 aliphatic heterocycles. The highest BCUT2D eigenvalue weighted by Crippen LogP contribution is 2.25. The van der Waals surface area contributed by atoms with Crippen LogP contribution in [0.25, 0.3) is 0 Å². The molecule has 4 rings (SSSR count). The van der Waals surface area contributed by atoms with Gasteiger partial charge in [-0.15, -0.1) is 0 Å². The number of hydrogen-bond acceptors (Lipinski definition) is 5. The fourth-order valence-corrected chi connectivity index (χ4v) is 4.27. The van der Waals surface area contributed by atoms with E-state index in [9.17, 15) is 4.39 Å². The number of anilines is 1. The van der Waals surface area contributed by atoms with Gasteiger partial charge in [0.25, 0.3) is 0 Å². The van der Waals surface area contributed by atoms with E-state index in [4.69, 9.17) is 20.2 Å². The number of methoxy groups -OCH3 is 1. The van der Waals surface area contributed by atoms with Gasteiger partial charge >= 0.3 is 0 Å². The second-order valence-electron chi connectivity index (χ2n) is 8.09. The first-order valence-electron chi connectivity index (χ1n) is 11.1. The Bertz CT molecular complexity index is 876. The minimum Gasteiger partial charge on any atom is -0.497 e. The number of ether oxygens (including phenoxy) is 2. The van der Waals surface area contributed by atoms with Crippen LogP contribution in [0.15, 0.2) is 53.5 Å². The maximum Gasteiger partial charge on any atom is 0.191 e. The molecule has 1 unspecified atom stereocenters. The first-order chi connectivity index (χ1) is 15.6. The molecular formula is C24H32FN5O2. The SMILES string of the molecule is COc1ccc(C(CN=C(N)N2CCN(c3ccc(F)cc3)CC2)N2CCOCC2)cc1. The molecule has 0 radical (unpaired) electrons. The van der Waals surface area contributed by atoms with E-state index in [1.165, 1.54) is 17.7 Å². The number of halogens is 1. The summed E-state index contributed by atoms with van der Waals surface area (Å²) in [5.41, 5.74) is 8.63. The molecule has 2 saturated heterocycles. The minimum absolute atomic E-state index is 0.142. The summed E-state index contributed by atoms with van der Waals surface area (Å²) < 4.78 is 24.0. The minimum atomic E-state index is -0.213. The van der Waals surface area contributed by atoms with Crippen molar-refractivity contribution in [1.29, 1.82) is 0 Å². The largest absolute Gasteiger partial charge is 0.497 e. The van der Waals surface area contributed by atoms with Gasteiger partial charge in [-0.1, -0.05) is 12.1 Å². The summed E-state index contributed by atoms with van der Waals surface area (Å²) in [4.78, 5) is 11.6. The molecule has 1 atom stereocenters. The highest BCUT2D eigenvalue weighted by molar-refractivity contribution is 5.78. The van der Waals surface area contributed by atoms with E-state index < -0.39 is 0 Å². The number of nitrogens with two attached hydrogens (primary N) is 1. The number of aliphatic imine (C=N–C) groups is 1. The monoisotopic (exact) mass is 441 g/mol. The Morgan fingerprint density at radius 2 is 1.66 bits per heavy atom. The Morgan fingerprint density at radius 3 is 2.28 bits per heavy atom.